The summed E-state index contributed by atoms with van der Waals surface area (Å²) in [5, 5.41) is 0.397. The molecule has 0 saturated carbocycles. The number of halogens is 2. The lowest BCUT2D eigenvalue weighted by atomic mass is 10.2. The van der Waals surface area contributed by atoms with Crippen LogP contribution in [0.4, 0.5) is 15.8 Å². The second kappa shape index (κ2) is 5.91. The van der Waals surface area contributed by atoms with E-state index in [0.717, 1.165) is 6.07 Å². The Morgan fingerprint density at radius 2 is 1.76 bits per heavy atom. The SMILES string of the molecule is CN(C)c1c(Cl)cccc1NS(=O)(=O)c1ccccc1F. The lowest BCUT2D eigenvalue weighted by Crippen LogP contribution is -2.18. The van der Waals surface area contributed by atoms with Crippen LogP contribution in [0.3, 0.4) is 0 Å². The summed E-state index contributed by atoms with van der Waals surface area (Å²) in [6.45, 7) is 0. The highest BCUT2D eigenvalue weighted by molar-refractivity contribution is 7.92. The molecule has 0 unspecified atom stereocenters. The maximum absolute atomic E-state index is 13.7. The average Bonchev–Trinajstić information content (AvgIpc) is 2.38. The molecule has 2 aromatic rings. The molecule has 2 aromatic carbocycles. The van der Waals surface area contributed by atoms with Gasteiger partial charge in [-0.2, -0.15) is 0 Å². The standard InChI is InChI=1S/C14H14ClFN2O2S/c1-18(2)14-10(15)6-5-8-12(14)17-21(19,20)13-9-4-3-7-11(13)16/h3-9,17H,1-2H3. The first-order valence-corrected chi connectivity index (χ1v) is 7.92. The summed E-state index contributed by atoms with van der Waals surface area (Å²) in [6, 6.07) is 10.0. The highest BCUT2D eigenvalue weighted by atomic mass is 35.5. The van der Waals surface area contributed by atoms with Crippen LogP contribution in [0.1, 0.15) is 0 Å². The highest BCUT2D eigenvalue weighted by Crippen LogP contribution is 2.34. The molecule has 0 fully saturated rings. The number of sulfonamides is 1. The van der Waals surface area contributed by atoms with Crippen LogP contribution in [0.2, 0.25) is 5.02 Å². The zero-order valence-corrected chi connectivity index (χ0v) is 13.0. The van der Waals surface area contributed by atoms with Gasteiger partial charge in [-0.1, -0.05) is 29.8 Å². The minimum atomic E-state index is -4.03. The van der Waals surface area contributed by atoms with E-state index in [0.29, 0.717) is 10.7 Å². The molecule has 112 valence electrons. The molecule has 0 amide bonds. The molecule has 21 heavy (non-hydrogen) atoms. The number of benzene rings is 2. The maximum atomic E-state index is 13.7. The minimum Gasteiger partial charge on any atom is -0.375 e. The van der Waals surface area contributed by atoms with E-state index in [1.54, 1.807) is 37.2 Å². The minimum absolute atomic E-state index is 0.288. The first kappa shape index (κ1) is 15.6. The summed E-state index contributed by atoms with van der Waals surface area (Å²) in [4.78, 5) is 1.27. The van der Waals surface area contributed by atoms with Crippen molar-refractivity contribution in [3.05, 3.63) is 53.3 Å². The predicted octanol–water partition coefficient (Wildman–Crippen LogP) is 3.35. The number of hydrogen-bond acceptors (Lipinski definition) is 3. The number of anilines is 2. The first-order valence-electron chi connectivity index (χ1n) is 6.06. The van der Waals surface area contributed by atoms with Crippen LogP contribution in [-0.4, -0.2) is 22.5 Å². The fourth-order valence-electron chi connectivity index (χ4n) is 1.91. The van der Waals surface area contributed by atoms with Crippen LogP contribution >= 0.6 is 11.6 Å². The fourth-order valence-corrected chi connectivity index (χ4v) is 3.40. The van der Waals surface area contributed by atoms with Gasteiger partial charge in [0.2, 0.25) is 0 Å². The third-order valence-electron chi connectivity index (χ3n) is 2.80. The van der Waals surface area contributed by atoms with Crippen LogP contribution < -0.4 is 9.62 Å². The molecule has 0 bridgehead atoms. The number of rotatable bonds is 4. The van der Waals surface area contributed by atoms with Crippen molar-refractivity contribution in [3.8, 4) is 0 Å². The number of nitrogens with zero attached hydrogens (tertiary/aromatic N) is 1. The number of hydrogen-bond donors (Lipinski definition) is 1. The Balaban J connectivity index is 2.48. The van der Waals surface area contributed by atoms with Crippen molar-refractivity contribution < 1.29 is 12.8 Å². The third kappa shape index (κ3) is 3.28. The molecule has 4 nitrogen and oxygen atoms in total. The van der Waals surface area contributed by atoms with E-state index in [9.17, 15) is 12.8 Å². The van der Waals surface area contributed by atoms with E-state index in [1.165, 1.54) is 18.2 Å². The van der Waals surface area contributed by atoms with Gasteiger partial charge < -0.3 is 4.90 Å². The maximum Gasteiger partial charge on any atom is 0.264 e. The first-order chi connectivity index (χ1) is 9.83. The van der Waals surface area contributed by atoms with Crippen molar-refractivity contribution in [2.24, 2.45) is 0 Å². The van der Waals surface area contributed by atoms with Gasteiger partial charge in [0.25, 0.3) is 10.0 Å². The Morgan fingerprint density at radius 1 is 1.10 bits per heavy atom. The molecule has 0 aliphatic rings. The van der Waals surface area contributed by atoms with Crippen molar-refractivity contribution in [1.82, 2.24) is 0 Å². The molecule has 0 heterocycles. The summed E-state index contributed by atoms with van der Waals surface area (Å²) in [6.07, 6.45) is 0. The Labute approximate surface area is 128 Å². The monoisotopic (exact) mass is 328 g/mol. The van der Waals surface area contributed by atoms with Crippen LogP contribution in [0.5, 0.6) is 0 Å². The topological polar surface area (TPSA) is 49.4 Å². The van der Waals surface area contributed by atoms with Crippen molar-refractivity contribution in [2.45, 2.75) is 4.90 Å². The number of para-hydroxylation sites is 1. The van der Waals surface area contributed by atoms with E-state index in [-0.39, 0.29) is 5.69 Å². The van der Waals surface area contributed by atoms with Crippen molar-refractivity contribution in [1.29, 1.82) is 0 Å². The zero-order chi connectivity index (χ0) is 15.6. The smallest absolute Gasteiger partial charge is 0.264 e. The summed E-state index contributed by atoms with van der Waals surface area (Å²) < 4.78 is 40.6. The molecule has 0 saturated heterocycles. The molecule has 0 aliphatic heterocycles. The quantitative estimate of drug-likeness (QED) is 0.936. The Kier molecular flexibility index (Phi) is 4.39. The second-order valence-corrected chi connectivity index (χ2v) is 6.62. The van der Waals surface area contributed by atoms with Gasteiger partial charge in [-0.15, -0.1) is 0 Å². The third-order valence-corrected chi connectivity index (χ3v) is 4.51. The molecule has 0 spiro atoms. The molecule has 2 rings (SSSR count). The van der Waals surface area contributed by atoms with Gasteiger partial charge in [-0.25, -0.2) is 12.8 Å². The van der Waals surface area contributed by atoms with Gasteiger partial charge in [0.1, 0.15) is 10.7 Å². The Hall–Kier alpha value is -1.79. The van der Waals surface area contributed by atoms with Crippen molar-refractivity contribution in [3.63, 3.8) is 0 Å². The lowest BCUT2D eigenvalue weighted by Gasteiger charge is -2.20. The molecule has 0 radical (unpaired) electrons. The lowest BCUT2D eigenvalue weighted by molar-refractivity contribution is 0.570. The largest absolute Gasteiger partial charge is 0.375 e. The van der Waals surface area contributed by atoms with Gasteiger partial charge in [0.15, 0.2) is 0 Å². The fraction of sp³-hybridized carbons (Fsp3) is 0.143. The van der Waals surface area contributed by atoms with Crippen LogP contribution in [-0.2, 0) is 10.0 Å². The normalized spacial score (nSPS) is 11.2. The van der Waals surface area contributed by atoms with E-state index in [4.69, 9.17) is 11.6 Å². The van der Waals surface area contributed by atoms with Gasteiger partial charge in [0, 0.05) is 14.1 Å². The van der Waals surface area contributed by atoms with Gasteiger partial charge in [0.05, 0.1) is 16.4 Å². The van der Waals surface area contributed by atoms with Crippen LogP contribution in [0.25, 0.3) is 0 Å². The van der Waals surface area contributed by atoms with E-state index in [2.05, 4.69) is 4.72 Å². The average molecular weight is 329 g/mol. The van der Waals surface area contributed by atoms with E-state index in [1.807, 2.05) is 0 Å². The molecular formula is C14H14ClFN2O2S. The summed E-state index contributed by atoms with van der Waals surface area (Å²) in [5.41, 5.74) is 0.801. The predicted molar refractivity (Wildman–Crippen MR) is 83.0 cm³/mol. The van der Waals surface area contributed by atoms with Gasteiger partial charge in [-0.3, -0.25) is 4.72 Å². The highest BCUT2D eigenvalue weighted by Gasteiger charge is 2.21. The van der Waals surface area contributed by atoms with Gasteiger partial charge in [-0.05, 0) is 24.3 Å². The number of nitrogens with one attached hydrogen (secondary N) is 1. The van der Waals surface area contributed by atoms with Crippen LogP contribution in [0, 0.1) is 5.82 Å². The van der Waals surface area contributed by atoms with Crippen LogP contribution in [0.15, 0.2) is 47.4 Å². The molecule has 7 heteroatoms. The summed E-state index contributed by atoms with van der Waals surface area (Å²) in [5.74, 6) is -0.807. The Bertz CT molecular complexity index is 763. The van der Waals surface area contributed by atoms with E-state index < -0.39 is 20.7 Å². The second-order valence-electron chi connectivity index (χ2n) is 4.57. The van der Waals surface area contributed by atoms with Gasteiger partial charge >= 0.3 is 0 Å². The van der Waals surface area contributed by atoms with E-state index >= 15 is 0 Å². The molecular weight excluding hydrogens is 315 g/mol. The zero-order valence-electron chi connectivity index (χ0n) is 11.5. The summed E-state index contributed by atoms with van der Waals surface area (Å²) >= 11 is 6.08. The van der Waals surface area contributed by atoms with Crippen molar-refractivity contribution >= 4 is 33.0 Å². The Morgan fingerprint density at radius 3 is 2.38 bits per heavy atom. The summed E-state index contributed by atoms with van der Waals surface area (Å²) in [7, 11) is -0.551. The molecule has 0 aliphatic carbocycles. The molecule has 1 N–H and O–H groups in total. The molecule has 0 atom stereocenters. The molecule has 0 aromatic heterocycles. The van der Waals surface area contributed by atoms with Crippen molar-refractivity contribution in [2.75, 3.05) is 23.7 Å².